The minimum atomic E-state index is -1.26. The molecule has 0 aliphatic carbocycles. The second-order valence-corrected chi connectivity index (χ2v) is 7.19. The van der Waals surface area contributed by atoms with Gasteiger partial charge in [-0.15, -0.1) is 0 Å². The van der Waals surface area contributed by atoms with Crippen LogP contribution in [0.2, 0.25) is 10.0 Å². The van der Waals surface area contributed by atoms with Crippen LogP contribution in [0.1, 0.15) is 12.5 Å². The molecule has 0 bridgehead atoms. The number of carboxylic acid groups (broad SMARTS) is 1. The van der Waals surface area contributed by atoms with Gasteiger partial charge in [-0.2, -0.15) is 0 Å². The van der Waals surface area contributed by atoms with Crippen LogP contribution in [0.15, 0.2) is 35.1 Å². The quantitative estimate of drug-likeness (QED) is 0.419. The molecular weight excluding hydrogens is 457 g/mol. The molecule has 11 heteroatoms. The number of carbonyl (C=O) groups is 2. The van der Waals surface area contributed by atoms with E-state index < -0.39 is 35.0 Å². The number of benzene rings is 2. The summed E-state index contributed by atoms with van der Waals surface area (Å²) in [6, 6.07) is 5.90. The molecule has 1 atom stereocenters. The SMILES string of the molecule is CC(C(=O)O)C(=O)Nc1cc(F)ccc1Cl.Cc1c(O)c2c(F)ccc(Cl)c2[nH]c1=O. The number of pyridine rings is 1. The lowest BCUT2D eigenvalue weighted by Crippen LogP contribution is -2.27. The molecule has 3 aromatic rings. The molecule has 31 heavy (non-hydrogen) atoms. The second-order valence-electron chi connectivity index (χ2n) is 6.38. The molecular formula is C20H16Cl2F2N2O5. The maximum atomic E-state index is 13.4. The number of H-pyrrole nitrogens is 1. The summed E-state index contributed by atoms with van der Waals surface area (Å²) in [5.41, 5.74) is -0.235. The average molecular weight is 473 g/mol. The first kappa shape index (κ1) is 24.1. The van der Waals surface area contributed by atoms with Crippen molar-refractivity contribution < 1.29 is 28.6 Å². The molecule has 0 radical (unpaired) electrons. The molecule has 4 N–H and O–H groups in total. The van der Waals surface area contributed by atoms with Gasteiger partial charge in [0.15, 0.2) is 0 Å². The Morgan fingerprint density at radius 3 is 2.35 bits per heavy atom. The number of halogens is 4. The second kappa shape index (κ2) is 9.76. The topological polar surface area (TPSA) is 119 Å². The van der Waals surface area contributed by atoms with E-state index >= 15 is 0 Å². The maximum absolute atomic E-state index is 13.4. The molecule has 0 saturated heterocycles. The number of aromatic hydroxyl groups is 1. The van der Waals surface area contributed by atoms with Crippen molar-refractivity contribution in [1.82, 2.24) is 4.98 Å². The monoisotopic (exact) mass is 472 g/mol. The highest BCUT2D eigenvalue weighted by Crippen LogP contribution is 2.31. The Bertz CT molecular complexity index is 1230. The molecule has 0 saturated carbocycles. The number of rotatable bonds is 3. The fourth-order valence-electron chi connectivity index (χ4n) is 2.35. The van der Waals surface area contributed by atoms with E-state index in [2.05, 4.69) is 10.3 Å². The number of carboxylic acids is 1. The first-order chi connectivity index (χ1) is 14.4. The number of aromatic nitrogens is 1. The van der Waals surface area contributed by atoms with Gasteiger partial charge in [0.25, 0.3) is 5.56 Å². The van der Waals surface area contributed by atoms with Gasteiger partial charge in [0.2, 0.25) is 5.91 Å². The van der Waals surface area contributed by atoms with E-state index in [1.807, 2.05) is 0 Å². The number of amides is 1. The number of hydrogen-bond acceptors (Lipinski definition) is 4. The van der Waals surface area contributed by atoms with Crippen LogP contribution in [-0.4, -0.2) is 27.1 Å². The number of hydrogen-bond donors (Lipinski definition) is 4. The molecule has 1 aromatic heterocycles. The highest BCUT2D eigenvalue weighted by Gasteiger charge is 2.21. The van der Waals surface area contributed by atoms with Gasteiger partial charge in [-0.05, 0) is 44.2 Å². The minimum absolute atomic E-state index is 0.0553. The number of carbonyl (C=O) groups excluding carboxylic acids is 1. The summed E-state index contributed by atoms with van der Waals surface area (Å²) in [5, 5.41) is 20.7. The fraction of sp³-hybridized carbons (Fsp3) is 0.150. The minimum Gasteiger partial charge on any atom is -0.507 e. The molecule has 3 rings (SSSR count). The molecule has 164 valence electrons. The number of nitrogens with one attached hydrogen (secondary N) is 2. The summed E-state index contributed by atoms with van der Waals surface area (Å²) in [6.45, 7) is 2.64. The van der Waals surface area contributed by atoms with Crippen LogP contribution in [0, 0.1) is 24.5 Å². The van der Waals surface area contributed by atoms with Crippen LogP contribution in [0.4, 0.5) is 14.5 Å². The molecule has 0 aliphatic rings. The van der Waals surface area contributed by atoms with E-state index in [9.17, 15) is 28.3 Å². The fourth-order valence-corrected chi connectivity index (χ4v) is 2.72. The number of aromatic amines is 1. The van der Waals surface area contributed by atoms with Crippen LogP contribution in [0.3, 0.4) is 0 Å². The van der Waals surface area contributed by atoms with Crippen LogP contribution in [-0.2, 0) is 9.59 Å². The lowest BCUT2D eigenvalue weighted by atomic mass is 10.1. The Morgan fingerprint density at radius 2 is 1.74 bits per heavy atom. The zero-order valence-electron chi connectivity index (χ0n) is 16.1. The highest BCUT2D eigenvalue weighted by atomic mass is 35.5. The molecule has 1 heterocycles. The van der Waals surface area contributed by atoms with E-state index in [0.29, 0.717) is 0 Å². The lowest BCUT2D eigenvalue weighted by molar-refractivity contribution is -0.144. The van der Waals surface area contributed by atoms with Gasteiger partial charge in [-0.1, -0.05) is 23.2 Å². The standard InChI is InChI=1S/C10H9ClFNO3.C10H7ClFNO2/c1-5(10(15)16)9(14)13-8-4-6(12)2-3-7(8)11;1-4-9(14)7-6(12)3-2-5(11)8(7)13-10(4)15/h2-5H,1H3,(H,13,14)(H,15,16);2-3H,1H3,(H2,13,14,15). The van der Waals surface area contributed by atoms with Crippen LogP contribution in [0.5, 0.6) is 5.75 Å². The van der Waals surface area contributed by atoms with E-state index in [0.717, 1.165) is 18.2 Å². The zero-order valence-corrected chi connectivity index (χ0v) is 17.6. The van der Waals surface area contributed by atoms with E-state index in [4.69, 9.17) is 28.3 Å². The van der Waals surface area contributed by atoms with Gasteiger partial charge in [-0.25, -0.2) is 8.78 Å². The van der Waals surface area contributed by atoms with Gasteiger partial charge >= 0.3 is 5.97 Å². The van der Waals surface area contributed by atoms with E-state index in [-0.39, 0.29) is 37.9 Å². The van der Waals surface area contributed by atoms with Crippen molar-refractivity contribution >= 4 is 51.7 Å². The maximum Gasteiger partial charge on any atom is 0.315 e. The summed E-state index contributed by atoms with van der Waals surface area (Å²) in [5.74, 6) is -4.79. The molecule has 1 unspecified atom stereocenters. The zero-order chi connectivity index (χ0) is 23.5. The largest absolute Gasteiger partial charge is 0.507 e. The highest BCUT2D eigenvalue weighted by molar-refractivity contribution is 6.35. The van der Waals surface area contributed by atoms with Crippen LogP contribution in [0.25, 0.3) is 10.9 Å². The number of aliphatic carboxylic acids is 1. The molecule has 2 aromatic carbocycles. The van der Waals surface area contributed by atoms with Crippen LogP contribution >= 0.6 is 23.2 Å². The predicted octanol–water partition coefficient (Wildman–Crippen LogP) is 4.47. The van der Waals surface area contributed by atoms with Crippen molar-refractivity contribution in [3.63, 3.8) is 0 Å². The van der Waals surface area contributed by atoms with Crippen molar-refractivity contribution in [2.24, 2.45) is 5.92 Å². The Morgan fingerprint density at radius 1 is 1.13 bits per heavy atom. The summed E-state index contributed by atoms with van der Waals surface area (Å²) >= 11 is 11.5. The predicted molar refractivity (Wildman–Crippen MR) is 113 cm³/mol. The van der Waals surface area contributed by atoms with Gasteiger partial charge < -0.3 is 20.5 Å². The van der Waals surface area contributed by atoms with Gasteiger partial charge in [0.05, 0.1) is 32.2 Å². The first-order valence-corrected chi connectivity index (χ1v) is 9.37. The van der Waals surface area contributed by atoms with Gasteiger partial charge in [-0.3, -0.25) is 14.4 Å². The van der Waals surface area contributed by atoms with Crippen LogP contribution < -0.4 is 10.9 Å². The normalized spacial score (nSPS) is 11.4. The van der Waals surface area contributed by atoms with Crippen molar-refractivity contribution in [3.05, 3.63) is 67.9 Å². The van der Waals surface area contributed by atoms with Gasteiger partial charge in [0.1, 0.15) is 23.3 Å². The Kier molecular flexibility index (Phi) is 7.59. The van der Waals surface area contributed by atoms with E-state index in [1.54, 1.807) is 0 Å². The Balaban J connectivity index is 0.000000220. The summed E-state index contributed by atoms with van der Waals surface area (Å²) in [6.07, 6.45) is 0. The van der Waals surface area contributed by atoms with Crippen molar-refractivity contribution in [1.29, 1.82) is 0 Å². The molecule has 7 nitrogen and oxygen atoms in total. The molecule has 0 aliphatic heterocycles. The third kappa shape index (κ3) is 5.50. The summed E-state index contributed by atoms with van der Waals surface area (Å²) in [4.78, 5) is 35.6. The molecule has 0 spiro atoms. The number of fused-ring (bicyclic) bond motifs is 1. The molecule has 1 amide bonds. The average Bonchev–Trinajstić information content (AvgIpc) is 2.71. The van der Waals surface area contributed by atoms with Crippen molar-refractivity contribution in [2.75, 3.05) is 5.32 Å². The van der Waals surface area contributed by atoms with Gasteiger partial charge in [0, 0.05) is 0 Å². The molecule has 0 fully saturated rings. The third-order valence-electron chi connectivity index (χ3n) is 4.22. The Labute approximate surface area is 184 Å². The Hall–Kier alpha value is -3.17. The first-order valence-electron chi connectivity index (χ1n) is 8.62. The van der Waals surface area contributed by atoms with Crippen molar-refractivity contribution in [3.8, 4) is 5.75 Å². The third-order valence-corrected chi connectivity index (χ3v) is 4.87. The summed E-state index contributed by atoms with van der Waals surface area (Å²) in [7, 11) is 0. The lowest BCUT2D eigenvalue weighted by Gasteiger charge is -2.09. The van der Waals surface area contributed by atoms with E-state index in [1.165, 1.54) is 26.0 Å². The smallest absolute Gasteiger partial charge is 0.315 e. The summed E-state index contributed by atoms with van der Waals surface area (Å²) < 4.78 is 26.2. The van der Waals surface area contributed by atoms with Crippen molar-refractivity contribution in [2.45, 2.75) is 13.8 Å². The number of anilines is 1.